The lowest BCUT2D eigenvalue weighted by molar-refractivity contribution is -0.275. The van der Waals surface area contributed by atoms with E-state index in [0.717, 1.165) is 24.5 Å². The van der Waals surface area contributed by atoms with Crippen LogP contribution in [-0.4, -0.2) is 89.1 Å². The Labute approximate surface area is 267 Å². The van der Waals surface area contributed by atoms with Gasteiger partial charge in [-0.15, -0.1) is 13.2 Å². The number of hydrogen-bond acceptors (Lipinski definition) is 10. The van der Waals surface area contributed by atoms with Crippen molar-refractivity contribution < 1.29 is 45.8 Å². The van der Waals surface area contributed by atoms with E-state index in [-0.39, 0.29) is 49.4 Å². The van der Waals surface area contributed by atoms with Crippen LogP contribution in [0.15, 0.2) is 46.3 Å². The molecule has 2 aromatic carbocycles. The number of alkyl halides is 3. The van der Waals surface area contributed by atoms with E-state index < -0.39 is 67.0 Å². The number of sulfone groups is 1. The third kappa shape index (κ3) is 8.10. The smallest absolute Gasteiger partial charge is 0.465 e. The van der Waals surface area contributed by atoms with Crippen LogP contribution in [0.2, 0.25) is 0 Å². The predicted molar refractivity (Wildman–Crippen MR) is 161 cm³/mol. The van der Waals surface area contributed by atoms with E-state index in [1.165, 1.54) is 44.7 Å². The van der Waals surface area contributed by atoms with E-state index in [9.17, 15) is 46.3 Å². The van der Waals surface area contributed by atoms with Crippen molar-refractivity contribution in [3.8, 4) is 11.8 Å². The maximum absolute atomic E-state index is 14.0. The standard InChI is InChI=1S/C29H31F3N6O8S/c1-5-47(43,44)24-7-6-18(15-33)12-22(24)38(27(42)46-28(2,3)4)37-17-34-21-13-19(16-35-8-10-36(11-9-35)26(40)41)23(45-29(30,31)32)14-20(21)25(37)39/h6-7,12-14,17H,5,8-11,16H2,1-4H3,(H,40,41). The lowest BCUT2D eigenvalue weighted by Gasteiger charge is -2.33. The summed E-state index contributed by atoms with van der Waals surface area (Å²) in [5, 5.41) is 18.9. The van der Waals surface area contributed by atoms with Gasteiger partial charge in [-0.2, -0.15) is 14.9 Å². The second kappa shape index (κ2) is 13.1. The van der Waals surface area contributed by atoms with Crippen molar-refractivity contribution in [3.05, 3.63) is 58.1 Å². The number of anilines is 1. The Balaban J connectivity index is 1.91. The van der Waals surface area contributed by atoms with Gasteiger partial charge in [0.2, 0.25) is 0 Å². The highest BCUT2D eigenvalue weighted by atomic mass is 32.2. The van der Waals surface area contributed by atoms with Gasteiger partial charge in [-0.1, -0.05) is 6.92 Å². The third-order valence-electron chi connectivity index (χ3n) is 7.00. The van der Waals surface area contributed by atoms with Crippen molar-refractivity contribution in [1.29, 1.82) is 5.26 Å². The summed E-state index contributed by atoms with van der Waals surface area (Å²) in [6.45, 7) is 6.51. The number of nitriles is 1. The van der Waals surface area contributed by atoms with E-state index in [0.29, 0.717) is 9.69 Å². The molecular formula is C29H31F3N6O8S. The first-order valence-corrected chi connectivity index (χ1v) is 15.8. The fourth-order valence-corrected chi connectivity index (χ4v) is 5.84. The van der Waals surface area contributed by atoms with Gasteiger partial charge in [0, 0.05) is 38.3 Å². The molecular weight excluding hydrogens is 649 g/mol. The molecule has 0 unspecified atom stereocenters. The highest BCUT2D eigenvalue weighted by Gasteiger charge is 2.34. The Morgan fingerprint density at radius 3 is 2.32 bits per heavy atom. The van der Waals surface area contributed by atoms with E-state index >= 15 is 0 Å². The van der Waals surface area contributed by atoms with Gasteiger partial charge < -0.3 is 19.5 Å². The van der Waals surface area contributed by atoms with Crippen LogP contribution in [0, 0.1) is 11.3 Å². The molecule has 1 N–H and O–H groups in total. The summed E-state index contributed by atoms with van der Waals surface area (Å²) < 4.78 is 77.1. The van der Waals surface area contributed by atoms with Crippen LogP contribution in [0.4, 0.5) is 28.4 Å². The van der Waals surface area contributed by atoms with Crippen molar-refractivity contribution >= 4 is 38.6 Å². The number of carbonyl (C=O) groups is 2. The van der Waals surface area contributed by atoms with Gasteiger partial charge >= 0.3 is 18.5 Å². The molecule has 0 bridgehead atoms. The maximum atomic E-state index is 14.0. The Bertz CT molecular complexity index is 1910. The molecule has 1 aliphatic rings. The maximum Gasteiger partial charge on any atom is 0.573 e. The molecule has 1 saturated heterocycles. The highest BCUT2D eigenvalue weighted by molar-refractivity contribution is 7.91. The normalized spacial score (nSPS) is 14.5. The summed E-state index contributed by atoms with van der Waals surface area (Å²) in [4.78, 5) is 45.5. The van der Waals surface area contributed by atoms with Crippen LogP contribution in [0.3, 0.4) is 0 Å². The van der Waals surface area contributed by atoms with E-state index in [2.05, 4.69) is 9.72 Å². The molecule has 0 spiro atoms. The van der Waals surface area contributed by atoms with Crippen molar-refractivity contribution in [1.82, 2.24) is 19.5 Å². The van der Waals surface area contributed by atoms with Gasteiger partial charge in [-0.05, 0) is 51.1 Å². The topological polar surface area (TPSA) is 175 Å². The molecule has 252 valence electrons. The second-order valence-corrected chi connectivity index (χ2v) is 13.7. The van der Waals surface area contributed by atoms with Gasteiger partial charge in [-0.3, -0.25) is 9.69 Å². The lowest BCUT2D eigenvalue weighted by atomic mass is 10.1. The van der Waals surface area contributed by atoms with Crippen LogP contribution in [-0.2, 0) is 21.1 Å². The number of nitrogens with zero attached hydrogens (tertiary/aromatic N) is 6. The number of aromatic nitrogens is 2. The van der Waals surface area contributed by atoms with Crippen LogP contribution < -0.4 is 15.3 Å². The molecule has 1 aromatic heterocycles. The fourth-order valence-electron chi connectivity index (χ4n) is 4.78. The SMILES string of the molecule is CCS(=O)(=O)c1ccc(C#N)cc1N(C(=O)OC(C)(C)C)n1cnc2cc(CN3CCN(C(=O)O)CC3)c(OC(F)(F)F)cc2c1=O. The fraction of sp³-hybridized carbons (Fsp3) is 0.414. The molecule has 0 radical (unpaired) electrons. The van der Waals surface area contributed by atoms with Crippen molar-refractivity contribution in [3.63, 3.8) is 0 Å². The average Bonchev–Trinajstić information content (AvgIpc) is 2.97. The number of piperazine rings is 1. The number of hydrogen-bond donors (Lipinski definition) is 1. The zero-order chi connectivity index (χ0) is 34.9. The summed E-state index contributed by atoms with van der Waals surface area (Å²) >= 11 is 0. The minimum atomic E-state index is -5.16. The molecule has 4 rings (SSSR count). The zero-order valence-corrected chi connectivity index (χ0v) is 26.6. The molecule has 18 heteroatoms. The molecule has 2 amide bonds. The largest absolute Gasteiger partial charge is 0.573 e. The summed E-state index contributed by atoms with van der Waals surface area (Å²) in [6.07, 6.45) is -6.63. The molecule has 47 heavy (non-hydrogen) atoms. The molecule has 0 aliphatic carbocycles. The molecule has 1 fully saturated rings. The second-order valence-electron chi connectivity index (χ2n) is 11.5. The number of ether oxygens (including phenoxy) is 2. The van der Waals surface area contributed by atoms with E-state index in [1.54, 1.807) is 4.90 Å². The zero-order valence-electron chi connectivity index (χ0n) is 25.7. The first kappa shape index (κ1) is 35.0. The Kier molecular flexibility index (Phi) is 9.73. The first-order chi connectivity index (χ1) is 21.8. The molecule has 2 heterocycles. The van der Waals surface area contributed by atoms with Crippen LogP contribution in [0.1, 0.15) is 38.8 Å². The third-order valence-corrected chi connectivity index (χ3v) is 8.77. The molecule has 1 aliphatic heterocycles. The lowest BCUT2D eigenvalue weighted by Crippen LogP contribution is -2.47. The van der Waals surface area contributed by atoms with Crippen molar-refractivity contribution in [2.75, 3.05) is 36.9 Å². The summed E-state index contributed by atoms with van der Waals surface area (Å²) in [7, 11) is -4.07. The highest BCUT2D eigenvalue weighted by Crippen LogP contribution is 2.32. The van der Waals surface area contributed by atoms with Crippen LogP contribution in [0.25, 0.3) is 10.9 Å². The summed E-state index contributed by atoms with van der Waals surface area (Å²) in [6, 6.07) is 7.25. The number of rotatable bonds is 7. The molecule has 14 nitrogen and oxygen atoms in total. The Morgan fingerprint density at radius 1 is 1.11 bits per heavy atom. The quantitative estimate of drug-likeness (QED) is 0.382. The number of halogens is 3. The van der Waals surface area contributed by atoms with Gasteiger partial charge in [0.15, 0.2) is 9.84 Å². The van der Waals surface area contributed by atoms with Gasteiger partial charge in [0.1, 0.15) is 17.7 Å². The average molecular weight is 681 g/mol. The van der Waals surface area contributed by atoms with Gasteiger partial charge in [0.05, 0.1) is 38.9 Å². The number of carbonyl (C=O) groups excluding carboxylic acids is 1. The molecule has 0 saturated carbocycles. The van der Waals surface area contributed by atoms with Crippen LogP contribution >= 0.6 is 0 Å². The van der Waals surface area contributed by atoms with Crippen molar-refractivity contribution in [2.24, 2.45) is 0 Å². The molecule has 0 atom stereocenters. The predicted octanol–water partition coefficient (Wildman–Crippen LogP) is 3.96. The number of benzene rings is 2. The Hall–Kier alpha value is -4.89. The van der Waals surface area contributed by atoms with Crippen LogP contribution in [0.5, 0.6) is 5.75 Å². The summed E-state index contributed by atoms with van der Waals surface area (Å²) in [5.41, 5.74) is -2.80. The Morgan fingerprint density at radius 2 is 1.77 bits per heavy atom. The minimum absolute atomic E-state index is 0.00490. The van der Waals surface area contributed by atoms with Gasteiger partial charge in [-0.25, -0.2) is 23.0 Å². The van der Waals surface area contributed by atoms with Gasteiger partial charge in [0.25, 0.3) is 5.56 Å². The first-order valence-electron chi connectivity index (χ1n) is 14.1. The molecule has 3 aromatic rings. The monoisotopic (exact) mass is 680 g/mol. The van der Waals surface area contributed by atoms with Crippen molar-refractivity contribution in [2.45, 2.75) is 51.1 Å². The summed E-state index contributed by atoms with van der Waals surface area (Å²) in [5.74, 6) is -1.14. The van der Waals surface area contributed by atoms with E-state index in [1.807, 2.05) is 6.07 Å². The minimum Gasteiger partial charge on any atom is -0.465 e. The number of amides is 2. The number of carboxylic acid groups (broad SMARTS) is 1. The van der Waals surface area contributed by atoms with E-state index in [4.69, 9.17) is 4.74 Å². The number of fused-ring (bicyclic) bond motifs is 1.